The Hall–Kier alpha value is -1.88. The van der Waals surface area contributed by atoms with Gasteiger partial charge in [0.15, 0.2) is 0 Å². The highest BCUT2D eigenvalue weighted by atomic mass is 35.5. The summed E-state index contributed by atoms with van der Waals surface area (Å²) in [5.41, 5.74) is -1.14. The van der Waals surface area contributed by atoms with Gasteiger partial charge in [-0.3, -0.25) is 13.9 Å². The molecule has 0 unspecified atom stereocenters. The van der Waals surface area contributed by atoms with E-state index in [0.717, 1.165) is 9.13 Å². The van der Waals surface area contributed by atoms with Crippen molar-refractivity contribution in [1.82, 2.24) is 9.13 Å². The number of nitrogens with zero attached hydrogens (tertiary/aromatic N) is 2. The van der Waals surface area contributed by atoms with Crippen LogP contribution in [0.1, 0.15) is 0 Å². The summed E-state index contributed by atoms with van der Waals surface area (Å²) in [6.07, 6.45) is 0. The molecule has 0 saturated heterocycles. The molecule has 4 nitrogen and oxygen atoms in total. The van der Waals surface area contributed by atoms with E-state index in [1.165, 1.54) is 14.1 Å². The molecule has 0 aliphatic rings. The van der Waals surface area contributed by atoms with Gasteiger partial charge < -0.3 is 0 Å². The minimum Gasteiger partial charge on any atom is -0.293 e. The van der Waals surface area contributed by atoms with Gasteiger partial charge in [0, 0.05) is 24.7 Å². The fraction of sp³-hybridized carbons (Fsp3) is 0.167. The highest BCUT2D eigenvalue weighted by molar-refractivity contribution is 6.30. The third-order valence-electron chi connectivity index (χ3n) is 2.73. The van der Waals surface area contributed by atoms with Crippen molar-refractivity contribution in [3.63, 3.8) is 0 Å². The van der Waals surface area contributed by atoms with Crippen LogP contribution in [0, 0.1) is 5.82 Å². The fourth-order valence-electron chi connectivity index (χ4n) is 1.73. The maximum Gasteiger partial charge on any atom is 0.331 e. The maximum absolute atomic E-state index is 14.0. The Morgan fingerprint density at radius 1 is 1.06 bits per heavy atom. The first kappa shape index (κ1) is 12.6. The summed E-state index contributed by atoms with van der Waals surface area (Å²) in [7, 11) is 2.65. The number of halogens is 2. The van der Waals surface area contributed by atoms with Gasteiger partial charge in [-0.1, -0.05) is 23.7 Å². The molecule has 0 aliphatic carbocycles. The van der Waals surface area contributed by atoms with E-state index in [0.29, 0.717) is 10.6 Å². The van der Waals surface area contributed by atoms with E-state index in [-0.39, 0.29) is 5.69 Å². The van der Waals surface area contributed by atoms with E-state index in [9.17, 15) is 14.0 Å². The van der Waals surface area contributed by atoms with Crippen LogP contribution in [0.5, 0.6) is 0 Å². The van der Waals surface area contributed by atoms with Crippen LogP contribution >= 0.6 is 11.6 Å². The van der Waals surface area contributed by atoms with E-state index in [1.807, 2.05) is 0 Å². The Morgan fingerprint density at radius 2 is 1.61 bits per heavy atom. The smallest absolute Gasteiger partial charge is 0.293 e. The second-order valence-electron chi connectivity index (χ2n) is 3.88. The molecular weight excluding hydrogens is 259 g/mol. The van der Waals surface area contributed by atoms with Crippen molar-refractivity contribution in [2.24, 2.45) is 14.1 Å². The maximum atomic E-state index is 14.0. The first-order valence-electron chi connectivity index (χ1n) is 5.15. The van der Waals surface area contributed by atoms with Crippen LogP contribution in [-0.4, -0.2) is 9.13 Å². The Balaban J connectivity index is 2.84. The number of rotatable bonds is 1. The molecule has 0 radical (unpaired) electrons. The van der Waals surface area contributed by atoms with Gasteiger partial charge in [0.1, 0.15) is 0 Å². The lowest BCUT2D eigenvalue weighted by atomic mass is 10.1. The molecule has 0 bridgehead atoms. The van der Waals surface area contributed by atoms with Gasteiger partial charge in [-0.25, -0.2) is 4.79 Å². The van der Waals surface area contributed by atoms with Crippen LogP contribution in [0.15, 0.2) is 33.9 Å². The average molecular weight is 269 g/mol. The first-order valence-corrected chi connectivity index (χ1v) is 5.52. The molecule has 18 heavy (non-hydrogen) atoms. The highest BCUT2D eigenvalue weighted by Gasteiger charge is 2.16. The van der Waals surface area contributed by atoms with Crippen molar-refractivity contribution in [2.75, 3.05) is 0 Å². The quantitative estimate of drug-likeness (QED) is 0.788. The molecule has 1 aromatic carbocycles. The Morgan fingerprint density at radius 3 is 2.17 bits per heavy atom. The molecule has 1 heterocycles. The molecule has 0 atom stereocenters. The van der Waals surface area contributed by atoms with Gasteiger partial charge in [-0.2, -0.15) is 4.39 Å². The highest BCUT2D eigenvalue weighted by Crippen LogP contribution is 2.21. The summed E-state index contributed by atoms with van der Waals surface area (Å²) < 4.78 is 15.8. The predicted molar refractivity (Wildman–Crippen MR) is 67.3 cm³/mol. The van der Waals surface area contributed by atoms with E-state index in [2.05, 4.69) is 0 Å². The standard InChI is InChI=1S/C12H10ClFN2O2/c1-15-10(7-3-5-8(13)6-4-7)9(14)11(17)16(2)12(15)18/h3-6H,1-2H3. The lowest BCUT2D eigenvalue weighted by Crippen LogP contribution is -2.39. The summed E-state index contributed by atoms with van der Waals surface area (Å²) in [6, 6.07) is 6.25. The van der Waals surface area contributed by atoms with Gasteiger partial charge in [-0.05, 0) is 12.1 Å². The van der Waals surface area contributed by atoms with Gasteiger partial charge in [-0.15, -0.1) is 0 Å². The summed E-state index contributed by atoms with van der Waals surface area (Å²) in [6.45, 7) is 0. The number of hydrogen-bond donors (Lipinski definition) is 0. The Labute approximate surface area is 107 Å². The molecule has 94 valence electrons. The summed E-state index contributed by atoms with van der Waals surface area (Å²) in [4.78, 5) is 23.3. The molecule has 0 saturated carbocycles. The topological polar surface area (TPSA) is 44.0 Å². The summed E-state index contributed by atoms with van der Waals surface area (Å²) in [5.74, 6) is -0.957. The van der Waals surface area contributed by atoms with E-state index in [4.69, 9.17) is 11.6 Å². The second kappa shape index (κ2) is 4.42. The molecule has 0 amide bonds. The number of aromatic nitrogens is 2. The molecular formula is C12H10ClFN2O2. The number of hydrogen-bond acceptors (Lipinski definition) is 2. The molecule has 0 spiro atoms. The van der Waals surface area contributed by atoms with Crippen LogP contribution in [0.25, 0.3) is 11.3 Å². The molecule has 0 fully saturated rings. The van der Waals surface area contributed by atoms with Gasteiger partial charge in [0.25, 0.3) is 5.56 Å². The van der Waals surface area contributed by atoms with Gasteiger partial charge in [0.2, 0.25) is 5.82 Å². The van der Waals surface area contributed by atoms with Gasteiger partial charge >= 0.3 is 5.69 Å². The van der Waals surface area contributed by atoms with Crippen LogP contribution < -0.4 is 11.2 Å². The monoisotopic (exact) mass is 268 g/mol. The Kier molecular flexibility index (Phi) is 3.09. The van der Waals surface area contributed by atoms with Gasteiger partial charge in [0.05, 0.1) is 5.69 Å². The van der Waals surface area contributed by atoms with Crippen molar-refractivity contribution < 1.29 is 4.39 Å². The predicted octanol–water partition coefficient (Wildman–Crippen LogP) is 1.54. The minimum absolute atomic E-state index is 0.0419. The second-order valence-corrected chi connectivity index (χ2v) is 4.31. The molecule has 2 aromatic rings. The van der Waals surface area contributed by atoms with Crippen molar-refractivity contribution in [1.29, 1.82) is 0 Å². The zero-order valence-electron chi connectivity index (χ0n) is 9.78. The van der Waals surface area contributed by atoms with E-state index >= 15 is 0 Å². The normalized spacial score (nSPS) is 10.7. The lowest BCUT2D eigenvalue weighted by Gasteiger charge is -2.10. The molecule has 2 rings (SSSR count). The van der Waals surface area contributed by atoms with Crippen LogP contribution in [-0.2, 0) is 14.1 Å². The minimum atomic E-state index is -0.957. The third kappa shape index (κ3) is 1.86. The zero-order valence-corrected chi connectivity index (χ0v) is 10.5. The molecule has 0 N–H and O–H groups in total. The van der Waals surface area contributed by atoms with Crippen LogP contribution in [0.3, 0.4) is 0 Å². The molecule has 1 aromatic heterocycles. The molecule has 6 heteroatoms. The van der Waals surface area contributed by atoms with Crippen molar-refractivity contribution in [3.05, 3.63) is 55.9 Å². The summed E-state index contributed by atoms with van der Waals surface area (Å²) >= 11 is 5.74. The zero-order chi connectivity index (χ0) is 13.4. The SMILES string of the molecule is Cn1c(-c2ccc(Cl)cc2)c(F)c(=O)n(C)c1=O. The van der Waals surface area contributed by atoms with E-state index < -0.39 is 17.1 Å². The average Bonchev–Trinajstić information content (AvgIpc) is 2.36. The van der Waals surface area contributed by atoms with Crippen molar-refractivity contribution >= 4 is 11.6 Å². The third-order valence-corrected chi connectivity index (χ3v) is 2.98. The lowest BCUT2D eigenvalue weighted by molar-refractivity contribution is 0.551. The fourth-order valence-corrected chi connectivity index (χ4v) is 1.86. The van der Waals surface area contributed by atoms with Crippen LogP contribution in [0.2, 0.25) is 5.02 Å². The molecule has 0 aliphatic heterocycles. The van der Waals surface area contributed by atoms with Crippen molar-refractivity contribution in [3.8, 4) is 11.3 Å². The Bertz CT molecular complexity index is 679. The van der Waals surface area contributed by atoms with Crippen molar-refractivity contribution in [2.45, 2.75) is 0 Å². The number of benzene rings is 1. The first-order chi connectivity index (χ1) is 8.43. The largest absolute Gasteiger partial charge is 0.331 e. The van der Waals surface area contributed by atoms with E-state index in [1.54, 1.807) is 24.3 Å². The summed E-state index contributed by atoms with van der Waals surface area (Å²) in [5, 5.41) is 0.494. The van der Waals surface area contributed by atoms with Crippen LogP contribution in [0.4, 0.5) is 4.39 Å².